The van der Waals surface area contributed by atoms with Crippen LogP contribution >= 0.6 is 0 Å². The van der Waals surface area contributed by atoms with Gasteiger partial charge in [0.05, 0.1) is 12.4 Å². The number of aryl methyl sites for hydroxylation is 1. The van der Waals surface area contributed by atoms with E-state index in [9.17, 15) is 34.8 Å². The third-order valence-corrected chi connectivity index (χ3v) is 10.3. The molecule has 1 aliphatic rings. The minimum Gasteiger partial charge on any atom is -0.462 e. The lowest BCUT2D eigenvalue weighted by Gasteiger charge is -2.30. The zero-order chi connectivity index (χ0) is 32.8. The second-order valence-electron chi connectivity index (χ2n) is 10.4. The SMILES string of the molecule is C=C(C)C(=O)OCCCN1/C(=C/c2ccc3ccccc3[n+]2CCCCS(=O)(=O)NS(=O)(=O)C(F)(F)F)C=Cc2ccccc21. The van der Waals surface area contributed by atoms with E-state index < -0.39 is 37.3 Å². The molecule has 2 heterocycles. The fraction of sp³-hybridized carbons (Fsp3) is 0.290. The van der Waals surface area contributed by atoms with Crippen LogP contribution in [0.4, 0.5) is 18.9 Å². The van der Waals surface area contributed by atoms with Crippen LogP contribution in [0.5, 0.6) is 0 Å². The molecule has 1 aromatic heterocycles. The molecular weight excluding hydrogens is 631 g/mol. The summed E-state index contributed by atoms with van der Waals surface area (Å²) in [5.74, 6) is -1.25. The number of anilines is 1. The normalized spacial score (nSPS) is 14.5. The zero-order valence-electron chi connectivity index (χ0n) is 24.5. The van der Waals surface area contributed by atoms with Crippen LogP contribution in [-0.4, -0.2) is 47.2 Å². The summed E-state index contributed by atoms with van der Waals surface area (Å²) >= 11 is 0. The van der Waals surface area contributed by atoms with Crippen molar-refractivity contribution < 1.29 is 44.1 Å². The van der Waals surface area contributed by atoms with E-state index in [1.807, 2.05) is 83.5 Å². The number of esters is 1. The van der Waals surface area contributed by atoms with Crippen LogP contribution in [0.25, 0.3) is 23.1 Å². The molecule has 14 heteroatoms. The fourth-order valence-electron chi connectivity index (χ4n) is 4.79. The van der Waals surface area contributed by atoms with Gasteiger partial charge in [-0.15, -0.1) is 4.13 Å². The number of carbonyl (C=O) groups excluding carboxylic acids is 1. The van der Waals surface area contributed by atoms with Gasteiger partial charge in [0.2, 0.25) is 21.2 Å². The van der Waals surface area contributed by atoms with Gasteiger partial charge in [-0.3, -0.25) is 0 Å². The monoisotopic (exact) mass is 664 g/mol. The number of fused-ring (bicyclic) bond motifs is 2. The molecule has 240 valence electrons. The van der Waals surface area contributed by atoms with E-state index in [-0.39, 0.29) is 19.4 Å². The molecule has 0 fully saturated rings. The number of alkyl halides is 3. The third-order valence-electron chi connectivity index (χ3n) is 6.94. The molecule has 0 radical (unpaired) electrons. The van der Waals surface area contributed by atoms with Gasteiger partial charge in [0.25, 0.3) is 0 Å². The van der Waals surface area contributed by atoms with Crippen molar-refractivity contribution in [1.29, 1.82) is 0 Å². The number of allylic oxidation sites excluding steroid dienone is 1. The molecule has 0 aliphatic carbocycles. The molecule has 9 nitrogen and oxygen atoms in total. The minimum absolute atomic E-state index is 0.0861. The highest BCUT2D eigenvalue weighted by molar-refractivity contribution is 8.05. The average molecular weight is 665 g/mol. The molecule has 0 amide bonds. The Labute approximate surface area is 260 Å². The van der Waals surface area contributed by atoms with Crippen molar-refractivity contribution in [3.05, 3.63) is 95.8 Å². The van der Waals surface area contributed by atoms with Crippen LogP contribution in [0.3, 0.4) is 0 Å². The van der Waals surface area contributed by atoms with Crippen LogP contribution in [0, 0.1) is 0 Å². The molecule has 2 aromatic carbocycles. The maximum atomic E-state index is 12.7. The van der Waals surface area contributed by atoms with Crippen LogP contribution in [0.1, 0.15) is 37.4 Å². The van der Waals surface area contributed by atoms with Gasteiger partial charge in [-0.1, -0.05) is 43.0 Å². The second-order valence-corrected chi connectivity index (χ2v) is 14.2. The van der Waals surface area contributed by atoms with Gasteiger partial charge in [-0.25, -0.2) is 21.6 Å². The predicted octanol–water partition coefficient (Wildman–Crippen LogP) is 5.06. The Morgan fingerprint density at radius 1 is 0.978 bits per heavy atom. The summed E-state index contributed by atoms with van der Waals surface area (Å²) in [5, 5.41) is 0.922. The number of pyridine rings is 1. The van der Waals surface area contributed by atoms with E-state index in [0.717, 1.165) is 37.7 Å². The number of para-hydroxylation sites is 2. The van der Waals surface area contributed by atoms with E-state index in [1.54, 1.807) is 6.92 Å². The van der Waals surface area contributed by atoms with E-state index in [4.69, 9.17) is 4.74 Å². The van der Waals surface area contributed by atoms with Crippen LogP contribution in [0.15, 0.2) is 84.6 Å². The number of unbranched alkanes of at least 4 members (excludes halogenated alkanes) is 1. The van der Waals surface area contributed by atoms with Gasteiger partial charge in [0.15, 0.2) is 0 Å². The summed E-state index contributed by atoms with van der Waals surface area (Å²) in [6.07, 6.45) is 6.64. The van der Waals surface area contributed by atoms with Crippen molar-refractivity contribution in [3.63, 3.8) is 0 Å². The topological polar surface area (TPSA) is 114 Å². The molecule has 3 aromatic rings. The predicted molar refractivity (Wildman–Crippen MR) is 166 cm³/mol. The van der Waals surface area contributed by atoms with Gasteiger partial charge in [-0.05, 0) is 49.6 Å². The van der Waals surface area contributed by atoms with Crippen molar-refractivity contribution in [2.24, 2.45) is 0 Å². The van der Waals surface area contributed by atoms with Crippen molar-refractivity contribution in [1.82, 2.24) is 4.13 Å². The summed E-state index contributed by atoms with van der Waals surface area (Å²) in [5.41, 5.74) is -0.939. The maximum Gasteiger partial charge on any atom is 0.512 e. The van der Waals surface area contributed by atoms with Crippen LogP contribution in [0.2, 0.25) is 0 Å². The number of rotatable bonds is 13. The molecule has 0 unspecified atom stereocenters. The molecule has 1 N–H and O–H groups in total. The van der Waals surface area contributed by atoms with Gasteiger partial charge in [0.1, 0.15) is 6.54 Å². The first-order valence-corrected chi connectivity index (χ1v) is 17.2. The first-order chi connectivity index (χ1) is 21.2. The number of benzene rings is 2. The number of hydrogen-bond donors (Lipinski definition) is 1. The van der Waals surface area contributed by atoms with Crippen molar-refractivity contribution in [2.45, 2.75) is 38.2 Å². The van der Waals surface area contributed by atoms with Crippen molar-refractivity contribution >= 4 is 54.8 Å². The standard InChI is InChI=1S/C31H33F3N3O6S2/c1-23(2)30(38)43-20-9-19-37-27(17-15-25-11-4-6-13-29(25)37)22-26-16-14-24-10-3-5-12-28(24)36(26)18-7-8-21-44(39,40)35-45(41,42)31(32,33)34/h3-6,10-17,22,35H,1,7-9,18-21H2,2H3/q+1. The molecular formula is C31H33F3N3O6S2+. The van der Waals surface area contributed by atoms with E-state index >= 15 is 0 Å². The number of aromatic nitrogens is 1. The van der Waals surface area contributed by atoms with E-state index in [2.05, 4.69) is 11.5 Å². The molecule has 0 atom stereocenters. The van der Waals surface area contributed by atoms with E-state index in [0.29, 0.717) is 25.1 Å². The summed E-state index contributed by atoms with van der Waals surface area (Å²) in [6, 6.07) is 19.3. The zero-order valence-corrected chi connectivity index (χ0v) is 26.1. The number of ether oxygens (including phenoxy) is 1. The fourth-order valence-corrected chi connectivity index (χ4v) is 7.42. The lowest BCUT2D eigenvalue weighted by atomic mass is 10.0. The number of hydrogen-bond acceptors (Lipinski definition) is 7. The average Bonchev–Trinajstić information content (AvgIpc) is 2.97. The Morgan fingerprint density at radius 3 is 2.42 bits per heavy atom. The molecule has 0 bridgehead atoms. The number of halogens is 3. The molecule has 45 heavy (non-hydrogen) atoms. The highest BCUT2D eigenvalue weighted by atomic mass is 32.3. The number of sulfonamides is 2. The molecule has 0 spiro atoms. The summed E-state index contributed by atoms with van der Waals surface area (Å²) in [6.45, 7) is 6.24. The smallest absolute Gasteiger partial charge is 0.462 e. The second kappa shape index (κ2) is 14.0. The van der Waals surface area contributed by atoms with Gasteiger partial charge < -0.3 is 9.64 Å². The van der Waals surface area contributed by atoms with Crippen molar-refractivity contribution in [2.75, 3.05) is 23.8 Å². The third kappa shape index (κ3) is 8.59. The number of nitrogens with zero attached hydrogens (tertiary/aromatic N) is 2. The van der Waals surface area contributed by atoms with Gasteiger partial charge in [-0.2, -0.15) is 17.7 Å². The van der Waals surface area contributed by atoms with Crippen molar-refractivity contribution in [3.8, 4) is 0 Å². The summed E-state index contributed by atoms with van der Waals surface area (Å²) < 4.78 is 92.8. The Kier molecular flexibility index (Phi) is 10.5. The Bertz CT molecular complexity index is 1870. The van der Waals surface area contributed by atoms with Crippen LogP contribution < -0.4 is 13.6 Å². The lowest BCUT2D eigenvalue weighted by molar-refractivity contribution is -0.673. The van der Waals surface area contributed by atoms with Gasteiger partial charge in [0, 0.05) is 53.5 Å². The molecule has 0 saturated carbocycles. The highest BCUT2D eigenvalue weighted by Gasteiger charge is 2.48. The van der Waals surface area contributed by atoms with Crippen LogP contribution in [-0.2, 0) is 36.1 Å². The highest BCUT2D eigenvalue weighted by Crippen LogP contribution is 2.32. The largest absolute Gasteiger partial charge is 0.512 e. The van der Waals surface area contributed by atoms with Gasteiger partial charge >= 0.3 is 21.5 Å². The van der Waals surface area contributed by atoms with E-state index in [1.165, 1.54) is 0 Å². The summed E-state index contributed by atoms with van der Waals surface area (Å²) in [7, 11) is -10.8. The lowest BCUT2D eigenvalue weighted by Crippen LogP contribution is -2.41. The number of nitrogens with one attached hydrogen (secondary N) is 1. The molecule has 4 rings (SSSR count). The molecule has 0 saturated heterocycles. The number of carbonyl (C=O) groups is 1. The Hall–Kier alpha value is -4.01. The molecule has 1 aliphatic heterocycles. The maximum absolute atomic E-state index is 12.7. The first kappa shape index (κ1) is 33.9. The Morgan fingerprint density at radius 2 is 1.69 bits per heavy atom. The summed E-state index contributed by atoms with van der Waals surface area (Å²) in [4.78, 5) is 14.0. The minimum atomic E-state index is -6.03. The Balaban J connectivity index is 1.58. The first-order valence-electron chi connectivity index (χ1n) is 14.0. The quantitative estimate of drug-likeness (QED) is 0.118.